The van der Waals surface area contributed by atoms with Crippen molar-refractivity contribution >= 4 is 60.0 Å². The number of fused-ring (bicyclic) bond motifs is 1. The average Bonchev–Trinajstić information content (AvgIpc) is 3.17. The van der Waals surface area contributed by atoms with Gasteiger partial charge in [-0.05, 0) is 42.5 Å². The van der Waals surface area contributed by atoms with E-state index in [4.69, 9.17) is 14.5 Å². The quantitative estimate of drug-likeness (QED) is 0.249. The number of rotatable bonds is 8. The van der Waals surface area contributed by atoms with Crippen LogP contribution in [-0.4, -0.2) is 38.9 Å². The van der Waals surface area contributed by atoms with E-state index in [0.29, 0.717) is 37.8 Å². The van der Waals surface area contributed by atoms with Gasteiger partial charge in [0, 0.05) is 27.2 Å². The molecule has 3 N–H and O–H groups in total. The van der Waals surface area contributed by atoms with E-state index in [1.54, 1.807) is 30.3 Å². The zero-order chi connectivity index (χ0) is 26.7. The van der Waals surface area contributed by atoms with Crippen LogP contribution in [0.4, 0.5) is 0 Å². The number of benzene rings is 2. The lowest BCUT2D eigenvalue weighted by Crippen LogP contribution is -2.16. The number of phosphoric acid groups is 2. The van der Waals surface area contributed by atoms with E-state index >= 15 is 0 Å². The van der Waals surface area contributed by atoms with Crippen LogP contribution in [0.15, 0.2) is 47.1 Å². The SMILES string of the molecule is COc1ccc(C#N)cc1/C=C(\C#N)c1cn(C(=O)COP(=O)(O)OP(=O)(O)O)c2ccc(Br)cc12. The summed E-state index contributed by atoms with van der Waals surface area (Å²) in [7, 11) is -9.17. The number of halogens is 1. The summed E-state index contributed by atoms with van der Waals surface area (Å²) in [5.74, 6) is -0.488. The normalized spacial score (nSPS) is 13.6. The highest BCUT2D eigenvalue weighted by Crippen LogP contribution is 2.57. The maximum atomic E-state index is 12.8. The molecule has 0 amide bonds. The van der Waals surface area contributed by atoms with Gasteiger partial charge in [-0.3, -0.25) is 13.9 Å². The molecule has 12 nitrogen and oxygen atoms in total. The zero-order valence-corrected chi connectivity index (χ0v) is 21.6. The molecule has 0 spiro atoms. The van der Waals surface area contributed by atoms with Crippen LogP contribution < -0.4 is 4.74 Å². The minimum atomic E-state index is -5.36. The molecule has 36 heavy (non-hydrogen) atoms. The number of nitriles is 2. The van der Waals surface area contributed by atoms with E-state index < -0.39 is 28.2 Å². The van der Waals surface area contributed by atoms with Crippen LogP contribution >= 0.6 is 31.6 Å². The standard InChI is InChI=1S/C21H16BrN3O9P2/c1-32-20-5-2-13(9-23)6-14(20)7-15(10-24)18-11-25(19-4-3-16(22)8-17(18)19)21(26)12-33-36(30,31)34-35(27,28)29/h2-8,11H,12H2,1H3,(H,30,31)(H2,27,28,29)/b15-7+. The maximum Gasteiger partial charge on any atom is 0.481 e. The van der Waals surface area contributed by atoms with Crippen LogP contribution in [0.3, 0.4) is 0 Å². The molecule has 1 aromatic heterocycles. The molecule has 0 fully saturated rings. The summed E-state index contributed by atoms with van der Waals surface area (Å²) in [5.41, 5.74) is 1.50. The first kappa shape index (κ1) is 27.5. The molecule has 3 aromatic rings. The first-order chi connectivity index (χ1) is 16.9. The average molecular weight is 596 g/mol. The molecule has 0 bridgehead atoms. The lowest BCUT2D eigenvalue weighted by molar-refractivity contribution is 0.0802. The van der Waals surface area contributed by atoms with Gasteiger partial charge in [0.15, 0.2) is 0 Å². The molecule has 0 saturated carbocycles. The molecule has 186 valence electrons. The Kier molecular flexibility index (Phi) is 8.32. The zero-order valence-electron chi connectivity index (χ0n) is 18.2. The van der Waals surface area contributed by atoms with Gasteiger partial charge in [0.2, 0.25) is 0 Å². The molecule has 2 aromatic carbocycles. The number of hydrogen-bond acceptors (Lipinski definition) is 8. The van der Waals surface area contributed by atoms with Gasteiger partial charge in [-0.1, -0.05) is 15.9 Å². The van der Waals surface area contributed by atoms with Crippen molar-refractivity contribution < 1.29 is 42.2 Å². The third-order valence-electron chi connectivity index (χ3n) is 4.67. The Morgan fingerprint density at radius 2 is 1.89 bits per heavy atom. The van der Waals surface area contributed by atoms with Gasteiger partial charge in [0.05, 0.1) is 35.9 Å². The highest BCUT2D eigenvalue weighted by atomic mass is 79.9. The fraction of sp³-hybridized carbons (Fsp3) is 0.0952. The highest BCUT2D eigenvalue weighted by Gasteiger charge is 2.33. The van der Waals surface area contributed by atoms with Crippen molar-refractivity contribution in [2.75, 3.05) is 13.7 Å². The number of ether oxygens (including phenoxy) is 1. The summed E-state index contributed by atoms with van der Waals surface area (Å²) < 4.78 is 37.6. The third-order valence-corrected chi connectivity index (χ3v) is 7.29. The smallest absolute Gasteiger partial charge is 0.481 e. The molecule has 0 aliphatic rings. The molecular formula is C21H16BrN3O9P2. The molecule has 0 aliphatic heterocycles. The van der Waals surface area contributed by atoms with Gasteiger partial charge < -0.3 is 19.4 Å². The Morgan fingerprint density at radius 1 is 1.17 bits per heavy atom. The topological polar surface area (TPSA) is 192 Å². The largest absolute Gasteiger partial charge is 0.496 e. The fourth-order valence-electron chi connectivity index (χ4n) is 3.23. The first-order valence-corrected chi connectivity index (χ1v) is 13.5. The van der Waals surface area contributed by atoms with E-state index in [-0.39, 0.29) is 5.57 Å². The summed E-state index contributed by atoms with van der Waals surface area (Å²) in [6.45, 7) is -1.07. The maximum absolute atomic E-state index is 12.8. The van der Waals surface area contributed by atoms with E-state index in [1.807, 2.05) is 6.07 Å². The molecular weight excluding hydrogens is 580 g/mol. The second-order valence-electron chi connectivity index (χ2n) is 7.02. The fourth-order valence-corrected chi connectivity index (χ4v) is 5.13. The van der Waals surface area contributed by atoms with Crippen molar-refractivity contribution in [3.8, 4) is 17.9 Å². The van der Waals surface area contributed by atoms with E-state index in [1.165, 1.54) is 25.4 Å². The van der Waals surface area contributed by atoms with Crippen LogP contribution in [0.2, 0.25) is 0 Å². The number of phosphoric ester groups is 1. The number of aromatic nitrogens is 1. The number of carbonyl (C=O) groups is 1. The molecule has 0 saturated heterocycles. The van der Waals surface area contributed by atoms with Crippen molar-refractivity contribution in [3.05, 3.63) is 63.8 Å². The summed E-state index contributed by atoms with van der Waals surface area (Å²) in [5, 5.41) is 19.6. The van der Waals surface area contributed by atoms with Crippen molar-refractivity contribution in [3.63, 3.8) is 0 Å². The van der Waals surface area contributed by atoms with Crippen molar-refractivity contribution in [1.29, 1.82) is 10.5 Å². The van der Waals surface area contributed by atoms with Crippen LogP contribution in [-0.2, 0) is 18.0 Å². The van der Waals surface area contributed by atoms with E-state index in [2.05, 4.69) is 30.8 Å². The van der Waals surface area contributed by atoms with Gasteiger partial charge in [0.25, 0.3) is 5.91 Å². The molecule has 1 unspecified atom stereocenters. The highest BCUT2D eigenvalue weighted by molar-refractivity contribution is 9.10. The van der Waals surface area contributed by atoms with Crippen LogP contribution in [0.1, 0.15) is 21.5 Å². The summed E-state index contributed by atoms with van der Waals surface area (Å²) in [4.78, 5) is 39.7. The van der Waals surface area contributed by atoms with E-state index in [0.717, 1.165) is 4.57 Å². The molecule has 0 radical (unpaired) electrons. The Balaban J connectivity index is 2.08. The third kappa shape index (κ3) is 6.56. The number of hydrogen-bond donors (Lipinski definition) is 3. The van der Waals surface area contributed by atoms with Gasteiger partial charge >= 0.3 is 15.6 Å². The second-order valence-corrected chi connectivity index (χ2v) is 10.8. The van der Waals surface area contributed by atoms with Gasteiger partial charge in [-0.15, -0.1) is 0 Å². The van der Waals surface area contributed by atoms with Crippen LogP contribution in [0, 0.1) is 22.7 Å². The lowest BCUT2D eigenvalue weighted by atomic mass is 10.0. The number of carbonyl (C=O) groups excluding carboxylic acids is 1. The van der Waals surface area contributed by atoms with Gasteiger partial charge in [0.1, 0.15) is 12.4 Å². The Labute approximate surface area is 212 Å². The summed E-state index contributed by atoms with van der Waals surface area (Å²) in [6.07, 6.45) is 2.79. The lowest BCUT2D eigenvalue weighted by Gasteiger charge is -2.12. The molecule has 1 heterocycles. The van der Waals surface area contributed by atoms with Crippen molar-refractivity contribution in [2.24, 2.45) is 0 Å². The minimum Gasteiger partial charge on any atom is -0.496 e. The number of allylic oxidation sites excluding steroid dienone is 1. The Morgan fingerprint density at radius 3 is 2.50 bits per heavy atom. The summed E-state index contributed by atoms with van der Waals surface area (Å²) in [6, 6.07) is 13.6. The minimum absolute atomic E-state index is 0.108. The van der Waals surface area contributed by atoms with Crippen LogP contribution in [0.25, 0.3) is 22.6 Å². The van der Waals surface area contributed by atoms with Gasteiger partial charge in [-0.25, -0.2) is 9.13 Å². The van der Waals surface area contributed by atoms with Crippen molar-refractivity contribution in [1.82, 2.24) is 4.57 Å². The van der Waals surface area contributed by atoms with E-state index in [9.17, 15) is 29.3 Å². The number of nitrogens with zero attached hydrogens (tertiary/aromatic N) is 3. The molecule has 15 heteroatoms. The Hall–Kier alpha value is -3.09. The van der Waals surface area contributed by atoms with Gasteiger partial charge in [-0.2, -0.15) is 14.8 Å². The molecule has 3 rings (SSSR count). The molecule has 1 atom stereocenters. The van der Waals surface area contributed by atoms with Crippen molar-refractivity contribution in [2.45, 2.75) is 0 Å². The monoisotopic (exact) mass is 595 g/mol. The van der Waals surface area contributed by atoms with Crippen LogP contribution in [0.5, 0.6) is 5.75 Å². The number of methoxy groups -OCH3 is 1. The second kappa shape index (κ2) is 10.9. The summed E-state index contributed by atoms with van der Waals surface area (Å²) >= 11 is 3.34. The molecule has 0 aliphatic carbocycles. The predicted octanol–water partition coefficient (Wildman–Crippen LogP) is 4.21. The Bertz CT molecular complexity index is 1560. The first-order valence-electron chi connectivity index (χ1n) is 9.66. The predicted molar refractivity (Wildman–Crippen MR) is 130 cm³/mol.